The molecule has 106 valence electrons. The first kappa shape index (κ1) is 12.1. The number of anilines is 1. The molecule has 0 unspecified atom stereocenters. The van der Waals surface area contributed by atoms with Crippen LogP contribution in [0.2, 0.25) is 0 Å². The zero-order valence-electron chi connectivity index (χ0n) is 11.4. The summed E-state index contributed by atoms with van der Waals surface area (Å²) in [6, 6.07) is 5.61. The second-order valence-electron chi connectivity index (χ2n) is 6.13. The summed E-state index contributed by atoms with van der Waals surface area (Å²) in [6.45, 7) is 1.15. The molecular formula is C16H19NO3. The molecule has 4 heteroatoms. The van der Waals surface area contributed by atoms with E-state index in [9.17, 15) is 4.79 Å². The van der Waals surface area contributed by atoms with Gasteiger partial charge in [0.2, 0.25) is 5.91 Å². The normalized spacial score (nSPS) is 30.3. The van der Waals surface area contributed by atoms with Gasteiger partial charge in [0.1, 0.15) is 13.2 Å². The summed E-state index contributed by atoms with van der Waals surface area (Å²) in [6.07, 6.45) is 4.86. The zero-order valence-corrected chi connectivity index (χ0v) is 11.4. The lowest BCUT2D eigenvalue weighted by molar-refractivity contribution is -0.121. The van der Waals surface area contributed by atoms with Crippen LogP contribution in [0.5, 0.6) is 11.5 Å². The van der Waals surface area contributed by atoms with E-state index in [1.54, 1.807) is 0 Å². The summed E-state index contributed by atoms with van der Waals surface area (Å²) in [7, 11) is 0. The number of benzene rings is 1. The van der Waals surface area contributed by atoms with Crippen molar-refractivity contribution in [2.24, 2.45) is 17.8 Å². The van der Waals surface area contributed by atoms with Crippen molar-refractivity contribution in [2.75, 3.05) is 18.5 Å². The van der Waals surface area contributed by atoms with Crippen LogP contribution in [0.25, 0.3) is 0 Å². The van der Waals surface area contributed by atoms with E-state index in [4.69, 9.17) is 9.47 Å². The van der Waals surface area contributed by atoms with Crippen molar-refractivity contribution < 1.29 is 14.3 Å². The van der Waals surface area contributed by atoms with E-state index in [0.29, 0.717) is 19.1 Å². The average molecular weight is 273 g/mol. The first-order valence-corrected chi connectivity index (χ1v) is 7.50. The van der Waals surface area contributed by atoms with Crippen LogP contribution in [0, 0.1) is 17.8 Å². The third-order valence-corrected chi connectivity index (χ3v) is 4.88. The number of hydrogen-bond acceptors (Lipinski definition) is 3. The van der Waals surface area contributed by atoms with Gasteiger partial charge in [0.25, 0.3) is 0 Å². The van der Waals surface area contributed by atoms with Crippen LogP contribution in [-0.2, 0) is 4.79 Å². The Labute approximate surface area is 118 Å². The Balaban J connectivity index is 1.47. The van der Waals surface area contributed by atoms with Gasteiger partial charge in [-0.1, -0.05) is 6.42 Å². The van der Waals surface area contributed by atoms with Crippen molar-refractivity contribution in [2.45, 2.75) is 25.7 Å². The lowest BCUT2D eigenvalue weighted by atomic mass is 9.88. The number of carbonyl (C=O) groups excluding carboxylic acids is 1. The average Bonchev–Trinajstić information content (AvgIpc) is 3.10. The van der Waals surface area contributed by atoms with Crippen molar-refractivity contribution in [3.05, 3.63) is 18.2 Å². The third kappa shape index (κ3) is 2.03. The van der Waals surface area contributed by atoms with Crippen molar-refractivity contribution in [1.82, 2.24) is 0 Å². The van der Waals surface area contributed by atoms with Gasteiger partial charge in [-0.3, -0.25) is 4.79 Å². The van der Waals surface area contributed by atoms with Gasteiger partial charge in [0, 0.05) is 17.7 Å². The molecule has 1 heterocycles. The predicted octanol–water partition coefficient (Wildman–Crippen LogP) is 2.83. The molecular weight excluding hydrogens is 254 g/mol. The molecule has 1 aromatic carbocycles. The maximum absolute atomic E-state index is 12.4. The number of fused-ring (bicyclic) bond motifs is 3. The zero-order chi connectivity index (χ0) is 13.5. The molecule has 3 atom stereocenters. The van der Waals surface area contributed by atoms with Crippen molar-refractivity contribution in [1.29, 1.82) is 0 Å². The molecule has 20 heavy (non-hydrogen) atoms. The van der Waals surface area contributed by atoms with E-state index in [1.165, 1.54) is 19.3 Å². The maximum atomic E-state index is 12.4. The number of hydrogen-bond donors (Lipinski definition) is 1. The summed E-state index contributed by atoms with van der Waals surface area (Å²) in [5.74, 6) is 3.26. The third-order valence-electron chi connectivity index (χ3n) is 4.88. The van der Waals surface area contributed by atoms with Gasteiger partial charge in [0.15, 0.2) is 11.5 Å². The molecule has 2 aliphatic carbocycles. The van der Waals surface area contributed by atoms with Crippen molar-refractivity contribution in [3.8, 4) is 11.5 Å². The Morgan fingerprint density at radius 1 is 1.10 bits per heavy atom. The smallest absolute Gasteiger partial charge is 0.227 e. The largest absolute Gasteiger partial charge is 0.486 e. The molecule has 0 saturated heterocycles. The van der Waals surface area contributed by atoms with Crippen LogP contribution >= 0.6 is 0 Å². The summed E-state index contributed by atoms with van der Waals surface area (Å²) in [5.41, 5.74) is 0.807. The molecule has 2 saturated carbocycles. The molecule has 3 aliphatic rings. The van der Waals surface area contributed by atoms with E-state index in [-0.39, 0.29) is 11.8 Å². The van der Waals surface area contributed by atoms with Crippen LogP contribution in [0.15, 0.2) is 18.2 Å². The number of nitrogens with one attached hydrogen (secondary N) is 1. The fraction of sp³-hybridized carbons (Fsp3) is 0.562. The number of amides is 1. The molecule has 4 rings (SSSR count). The molecule has 0 aromatic heterocycles. The van der Waals surface area contributed by atoms with Crippen molar-refractivity contribution in [3.63, 3.8) is 0 Å². The summed E-state index contributed by atoms with van der Waals surface area (Å²) in [5, 5.41) is 3.04. The highest BCUT2D eigenvalue weighted by Gasteiger charge is 2.43. The van der Waals surface area contributed by atoms with E-state index in [0.717, 1.165) is 29.5 Å². The Morgan fingerprint density at radius 2 is 1.95 bits per heavy atom. The predicted molar refractivity (Wildman–Crippen MR) is 75.0 cm³/mol. The molecule has 4 nitrogen and oxygen atoms in total. The minimum atomic E-state index is 0.175. The van der Waals surface area contributed by atoms with Gasteiger partial charge in [-0.2, -0.15) is 0 Å². The Hall–Kier alpha value is -1.71. The quantitative estimate of drug-likeness (QED) is 0.901. The summed E-state index contributed by atoms with van der Waals surface area (Å²) >= 11 is 0. The van der Waals surface area contributed by atoms with Crippen LogP contribution in [-0.4, -0.2) is 19.1 Å². The molecule has 2 fully saturated rings. The first-order chi connectivity index (χ1) is 9.79. The number of carbonyl (C=O) groups is 1. The lowest BCUT2D eigenvalue weighted by Crippen LogP contribution is -2.27. The fourth-order valence-corrected chi connectivity index (χ4v) is 3.92. The van der Waals surface area contributed by atoms with Gasteiger partial charge in [-0.25, -0.2) is 0 Å². The van der Waals surface area contributed by atoms with Gasteiger partial charge >= 0.3 is 0 Å². The van der Waals surface area contributed by atoms with E-state index >= 15 is 0 Å². The van der Waals surface area contributed by atoms with Crippen LogP contribution in [0.4, 0.5) is 5.69 Å². The van der Waals surface area contributed by atoms with Gasteiger partial charge in [0.05, 0.1) is 0 Å². The second kappa shape index (κ2) is 4.69. The van der Waals surface area contributed by atoms with Gasteiger partial charge in [-0.05, 0) is 43.2 Å². The van der Waals surface area contributed by atoms with Gasteiger partial charge in [-0.15, -0.1) is 0 Å². The molecule has 1 amide bonds. The highest BCUT2D eigenvalue weighted by molar-refractivity contribution is 5.93. The molecule has 1 aliphatic heterocycles. The Morgan fingerprint density at radius 3 is 2.70 bits per heavy atom. The first-order valence-electron chi connectivity index (χ1n) is 7.50. The van der Waals surface area contributed by atoms with Gasteiger partial charge < -0.3 is 14.8 Å². The Bertz CT molecular complexity index is 543. The van der Waals surface area contributed by atoms with Crippen LogP contribution < -0.4 is 14.8 Å². The number of ether oxygens (including phenoxy) is 2. The van der Waals surface area contributed by atoms with E-state index < -0.39 is 0 Å². The topological polar surface area (TPSA) is 47.6 Å². The van der Waals surface area contributed by atoms with E-state index in [1.807, 2.05) is 18.2 Å². The van der Waals surface area contributed by atoms with Crippen molar-refractivity contribution >= 4 is 11.6 Å². The molecule has 1 N–H and O–H groups in total. The molecule has 2 bridgehead atoms. The van der Waals surface area contributed by atoms with Crippen LogP contribution in [0.1, 0.15) is 25.7 Å². The maximum Gasteiger partial charge on any atom is 0.227 e. The van der Waals surface area contributed by atoms with E-state index in [2.05, 4.69) is 5.32 Å². The molecule has 0 spiro atoms. The molecule has 0 radical (unpaired) electrons. The fourth-order valence-electron chi connectivity index (χ4n) is 3.92. The standard InChI is InChI=1S/C16H19NO3/c18-16(13-8-10-1-2-11(13)7-10)17-12-3-4-14-15(9-12)20-6-5-19-14/h3-4,9-11,13H,1-2,5-8H2,(H,17,18)/t10-,11+,13-/m0/s1. The minimum Gasteiger partial charge on any atom is -0.486 e. The SMILES string of the molecule is O=C(Nc1ccc2c(c1)OCCO2)[C@H]1C[C@H]2CC[C@@H]1C2. The molecule has 1 aromatic rings. The highest BCUT2D eigenvalue weighted by Crippen LogP contribution is 2.48. The number of rotatable bonds is 2. The highest BCUT2D eigenvalue weighted by atomic mass is 16.6. The monoisotopic (exact) mass is 273 g/mol. The summed E-state index contributed by atoms with van der Waals surface area (Å²) < 4.78 is 11.0. The minimum absolute atomic E-state index is 0.175. The second-order valence-corrected chi connectivity index (χ2v) is 6.13. The lowest BCUT2D eigenvalue weighted by Gasteiger charge is -2.22. The van der Waals surface area contributed by atoms with Crippen LogP contribution in [0.3, 0.4) is 0 Å². The Kier molecular flexibility index (Phi) is 2.83. The summed E-state index contributed by atoms with van der Waals surface area (Å²) in [4.78, 5) is 12.4.